The fourth-order valence-electron chi connectivity index (χ4n) is 2.09. The molecule has 0 radical (unpaired) electrons. The van der Waals surface area contributed by atoms with Crippen molar-refractivity contribution in [2.45, 2.75) is 25.7 Å². The normalized spacial score (nSPS) is 16.7. The smallest absolute Gasteiger partial charge is 0.251 e. The lowest BCUT2D eigenvalue weighted by Crippen LogP contribution is -2.36. The van der Waals surface area contributed by atoms with Crippen molar-refractivity contribution in [1.82, 2.24) is 15.8 Å². The van der Waals surface area contributed by atoms with Crippen molar-refractivity contribution in [3.05, 3.63) is 11.8 Å². The average molecular weight is 253 g/mol. The van der Waals surface area contributed by atoms with E-state index in [0.29, 0.717) is 24.5 Å². The van der Waals surface area contributed by atoms with Crippen LogP contribution < -0.4 is 10.6 Å². The highest BCUT2D eigenvalue weighted by molar-refractivity contribution is 5.76. The molecule has 2 heterocycles. The van der Waals surface area contributed by atoms with E-state index in [1.165, 1.54) is 6.07 Å². The molecule has 0 aliphatic carbocycles. The van der Waals surface area contributed by atoms with Gasteiger partial charge < -0.3 is 20.3 Å². The molecule has 3 N–H and O–H groups in total. The summed E-state index contributed by atoms with van der Waals surface area (Å²) < 4.78 is 4.82. The minimum absolute atomic E-state index is 0.0180. The van der Waals surface area contributed by atoms with Gasteiger partial charge in [-0.25, -0.2) is 0 Å². The molecular formula is C12H19N3O3. The number of carbonyl (C=O) groups excluding carboxylic acids is 1. The molecule has 1 aromatic rings. The van der Waals surface area contributed by atoms with Gasteiger partial charge in [0.25, 0.3) is 5.88 Å². The Morgan fingerprint density at radius 3 is 3.00 bits per heavy atom. The van der Waals surface area contributed by atoms with Gasteiger partial charge in [0.1, 0.15) is 5.76 Å². The molecule has 0 aromatic carbocycles. The van der Waals surface area contributed by atoms with Crippen molar-refractivity contribution in [2.75, 3.05) is 19.6 Å². The van der Waals surface area contributed by atoms with Gasteiger partial charge in [-0.15, -0.1) is 0 Å². The van der Waals surface area contributed by atoms with Crippen LogP contribution in [-0.2, 0) is 11.2 Å². The van der Waals surface area contributed by atoms with Gasteiger partial charge in [-0.3, -0.25) is 4.79 Å². The number of aryl methyl sites for hydroxylation is 1. The third-order valence-corrected chi connectivity index (χ3v) is 3.19. The minimum Gasteiger partial charge on any atom is -0.491 e. The molecule has 0 unspecified atom stereocenters. The molecule has 1 aliphatic heterocycles. The van der Waals surface area contributed by atoms with E-state index < -0.39 is 0 Å². The number of hydrogen-bond acceptors (Lipinski definition) is 5. The van der Waals surface area contributed by atoms with E-state index in [2.05, 4.69) is 15.8 Å². The van der Waals surface area contributed by atoms with Crippen LogP contribution in [0.2, 0.25) is 0 Å². The number of aromatic nitrogens is 1. The molecule has 0 saturated carbocycles. The van der Waals surface area contributed by atoms with Crippen LogP contribution in [0.25, 0.3) is 0 Å². The zero-order valence-corrected chi connectivity index (χ0v) is 10.3. The van der Waals surface area contributed by atoms with Crippen LogP contribution in [0.15, 0.2) is 10.6 Å². The van der Waals surface area contributed by atoms with Crippen molar-refractivity contribution in [3.63, 3.8) is 0 Å². The van der Waals surface area contributed by atoms with Crippen LogP contribution >= 0.6 is 0 Å². The first kappa shape index (κ1) is 12.9. The molecule has 100 valence electrons. The standard InChI is InChI=1S/C12H19N3O3/c16-11(2-1-10-7-12(17)15-18-10)14-8-9-3-5-13-6-4-9/h7,9,13H,1-6,8H2,(H,14,16)(H,15,17). The predicted molar refractivity (Wildman–Crippen MR) is 65.1 cm³/mol. The molecule has 6 nitrogen and oxygen atoms in total. The highest BCUT2D eigenvalue weighted by Crippen LogP contribution is 2.11. The summed E-state index contributed by atoms with van der Waals surface area (Å²) in [5, 5.41) is 18.6. The Bertz CT molecular complexity index is 386. The lowest BCUT2D eigenvalue weighted by molar-refractivity contribution is -0.121. The van der Waals surface area contributed by atoms with Gasteiger partial charge in [0.15, 0.2) is 0 Å². The number of carbonyl (C=O) groups is 1. The number of piperidine rings is 1. The summed E-state index contributed by atoms with van der Waals surface area (Å²) in [4.78, 5) is 11.6. The zero-order valence-electron chi connectivity index (χ0n) is 10.3. The van der Waals surface area contributed by atoms with Crippen molar-refractivity contribution in [3.8, 4) is 5.88 Å². The van der Waals surface area contributed by atoms with Crippen LogP contribution in [0.1, 0.15) is 25.0 Å². The molecule has 0 bridgehead atoms. The molecule has 1 fully saturated rings. The first-order valence-corrected chi connectivity index (χ1v) is 6.36. The Balaban J connectivity index is 1.62. The highest BCUT2D eigenvalue weighted by atomic mass is 16.5. The van der Waals surface area contributed by atoms with Crippen LogP contribution in [0.4, 0.5) is 0 Å². The fraction of sp³-hybridized carbons (Fsp3) is 0.667. The van der Waals surface area contributed by atoms with E-state index in [4.69, 9.17) is 9.63 Å². The molecule has 6 heteroatoms. The summed E-state index contributed by atoms with van der Waals surface area (Å²) in [5.41, 5.74) is 0. The molecule has 0 atom stereocenters. The van der Waals surface area contributed by atoms with E-state index in [0.717, 1.165) is 32.5 Å². The number of amides is 1. The van der Waals surface area contributed by atoms with E-state index in [1.807, 2.05) is 0 Å². The molecule has 1 aromatic heterocycles. The molecule has 1 amide bonds. The minimum atomic E-state index is -0.139. The first-order valence-electron chi connectivity index (χ1n) is 6.36. The average Bonchev–Trinajstić information content (AvgIpc) is 2.81. The van der Waals surface area contributed by atoms with Crippen LogP contribution in [0.5, 0.6) is 5.88 Å². The molecular weight excluding hydrogens is 234 g/mol. The third kappa shape index (κ3) is 4.03. The second kappa shape index (κ2) is 6.39. The summed E-state index contributed by atoms with van der Waals surface area (Å²) in [5.74, 6) is 0.999. The Morgan fingerprint density at radius 2 is 2.33 bits per heavy atom. The van der Waals surface area contributed by atoms with Crippen molar-refractivity contribution in [2.24, 2.45) is 5.92 Å². The zero-order chi connectivity index (χ0) is 12.8. The largest absolute Gasteiger partial charge is 0.491 e. The molecule has 18 heavy (non-hydrogen) atoms. The summed E-state index contributed by atoms with van der Waals surface area (Å²) in [6.07, 6.45) is 3.07. The van der Waals surface area contributed by atoms with Crippen molar-refractivity contribution in [1.29, 1.82) is 0 Å². The van der Waals surface area contributed by atoms with Gasteiger partial charge in [-0.05, 0) is 37.0 Å². The van der Waals surface area contributed by atoms with Gasteiger partial charge in [0.05, 0.1) is 0 Å². The van der Waals surface area contributed by atoms with E-state index in [-0.39, 0.29) is 11.8 Å². The summed E-state index contributed by atoms with van der Waals surface area (Å²) in [6, 6.07) is 1.43. The number of rotatable bonds is 5. The van der Waals surface area contributed by atoms with Gasteiger partial charge in [0.2, 0.25) is 5.91 Å². The SMILES string of the molecule is O=C(CCc1cc(O)no1)NCC1CCNCC1. The number of hydrogen-bond donors (Lipinski definition) is 3. The highest BCUT2D eigenvalue weighted by Gasteiger charge is 2.14. The Morgan fingerprint density at radius 1 is 1.56 bits per heavy atom. The van der Waals surface area contributed by atoms with Crippen molar-refractivity contribution < 1.29 is 14.4 Å². The summed E-state index contributed by atoms with van der Waals surface area (Å²) in [7, 11) is 0. The third-order valence-electron chi connectivity index (χ3n) is 3.19. The van der Waals surface area contributed by atoms with Gasteiger partial charge in [0, 0.05) is 25.5 Å². The quantitative estimate of drug-likeness (QED) is 0.708. The second-order valence-corrected chi connectivity index (χ2v) is 4.65. The second-order valence-electron chi connectivity index (χ2n) is 4.65. The predicted octanol–water partition coefficient (Wildman–Crippen LogP) is 0.429. The van der Waals surface area contributed by atoms with Crippen LogP contribution in [0.3, 0.4) is 0 Å². The maximum absolute atomic E-state index is 11.6. The van der Waals surface area contributed by atoms with E-state index >= 15 is 0 Å². The van der Waals surface area contributed by atoms with E-state index in [1.54, 1.807) is 0 Å². The Labute approximate surface area is 106 Å². The molecule has 1 saturated heterocycles. The molecule has 2 rings (SSSR count). The monoisotopic (exact) mass is 253 g/mol. The summed E-state index contributed by atoms with van der Waals surface area (Å²) in [6.45, 7) is 2.83. The van der Waals surface area contributed by atoms with Gasteiger partial charge in [-0.2, -0.15) is 0 Å². The lowest BCUT2D eigenvalue weighted by Gasteiger charge is -2.22. The number of aromatic hydroxyl groups is 1. The lowest BCUT2D eigenvalue weighted by atomic mass is 9.98. The van der Waals surface area contributed by atoms with Gasteiger partial charge in [-0.1, -0.05) is 0 Å². The van der Waals surface area contributed by atoms with E-state index in [9.17, 15) is 4.79 Å². The first-order chi connectivity index (χ1) is 8.74. The molecule has 0 spiro atoms. The Hall–Kier alpha value is -1.56. The van der Waals surface area contributed by atoms with Gasteiger partial charge >= 0.3 is 0 Å². The topological polar surface area (TPSA) is 87.4 Å². The Kier molecular flexibility index (Phi) is 4.58. The maximum atomic E-state index is 11.6. The van der Waals surface area contributed by atoms with Crippen LogP contribution in [0, 0.1) is 5.92 Å². The van der Waals surface area contributed by atoms with Crippen LogP contribution in [-0.4, -0.2) is 35.8 Å². The maximum Gasteiger partial charge on any atom is 0.251 e. The number of nitrogens with one attached hydrogen (secondary N) is 2. The van der Waals surface area contributed by atoms with Crippen molar-refractivity contribution >= 4 is 5.91 Å². The summed E-state index contributed by atoms with van der Waals surface area (Å²) >= 11 is 0. The molecule has 1 aliphatic rings. The number of nitrogens with zero attached hydrogens (tertiary/aromatic N) is 1. The fourth-order valence-corrected chi connectivity index (χ4v) is 2.09.